The number of benzene rings is 2. The minimum absolute atomic E-state index is 0.0578. The molecule has 0 fully saturated rings. The minimum Gasteiger partial charge on any atom is -0.396 e. The van der Waals surface area contributed by atoms with Gasteiger partial charge in [-0.1, -0.05) is 87.0 Å². The Kier molecular flexibility index (Phi) is 10.5. The summed E-state index contributed by atoms with van der Waals surface area (Å²) in [6.07, 6.45) is 12.9. The third-order valence-corrected chi connectivity index (χ3v) is 8.71. The van der Waals surface area contributed by atoms with Gasteiger partial charge < -0.3 is 21.5 Å². The summed E-state index contributed by atoms with van der Waals surface area (Å²) in [7, 11) is 0. The van der Waals surface area contributed by atoms with Gasteiger partial charge >= 0.3 is 0 Å². The maximum atomic E-state index is 11.6. The summed E-state index contributed by atoms with van der Waals surface area (Å²) in [6, 6.07) is 17.1. The molecule has 214 valence electrons. The van der Waals surface area contributed by atoms with E-state index in [1.165, 1.54) is 22.3 Å². The number of hydrogen-bond acceptors (Lipinski definition) is 4. The summed E-state index contributed by atoms with van der Waals surface area (Å²) in [5.41, 5.74) is 13.1. The van der Waals surface area contributed by atoms with E-state index in [4.69, 9.17) is 5.73 Å². The third-order valence-electron chi connectivity index (χ3n) is 8.71. The number of allylic oxidation sites excluding steroid dienone is 4. The molecule has 5 heteroatoms. The van der Waals surface area contributed by atoms with Crippen molar-refractivity contribution in [1.82, 2.24) is 5.32 Å². The molecule has 0 heterocycles. The molecule has 0 bridgehead atoms. The van der Waals surface area contributed by atoms with Gasteiger partial charge in [0.05, 0.1) is 0 Å². The Balaban J connectivity index is 1.56. The second-order valence-electron chi connectivity index (χ2n) is 11.9. The summed E-state index contributed by atoms with van der Waals surface area (Å²) in [6.45, 7) is 9.10. The number of carbonyl (C=O) groups excluding carboxylic acids is 1. The third kappa shape index (κ3) is 7.81. The van der Waals surface area contributed by atoms with Gasteiger partial charge in [0.2, 0.25) is 5.91 Å². The Morgan fingerprint density at radius 2 is 1.82 bits per heavy atom. The van der Waals surface area contributed by atoms with Crippen molar-refractivity contribution in [2.45, 2.75) is 72.0 Å². The van der Waals surface area contributed by atoms with Crippen LogP contribution in [-0.4, -0.2) is 29.7 Å². The fourth-order valence-corrected chi connectivity index (χ4v) is 6.34. The summed E-state index contributed by atoms with van der Waals surface area (Å²) in [5, 5.41) is 17.6. The molecule has 2 aliphatic rings. The zero-order chi connectivity index (χ0) is 28.6. The molecule has 6 atom stereocenters. The van der Waals surface area contributed by atoms with E-state index in [-0.39, 0.29) is 24.5 Å². The van der Waals surface area contributed by atoms with E-state index < -0.39 is 0 Å². The standard InChI is InChI=1S/C35H47N3O2/c1-23-9-5-6-12-29(23)20-35(31(22-39)18-27-10-7-11-28(17-27)21-36)38-34-16-24(2)33(15-25(34)3)30-13-8-14-32(19-30)37-26(4)40/h5-8,10-15,17,19,23-25,31,34-35,38-39H,9,16,18,20-22,36H2,1-4H3,(H,37,40). The van der Waals surface area contributed by atoms with Gasteiger partial charge in [-0.25, -0.2) is 0 Å². The number of nitrogens with two attached hydrogens (primary N) is 1. The number of aliphatic hydroxyl groups excluding tert-OH is 1. The molecular formula is C35H47N3O2. The van der Waals surface area contributed by atoms with Gasteiger partial charge in [-0.2, -0.15) is 0 Å². The molecule has 4 rings (SSSR count). The number of amides is 1. The smallest absolute Gasteiger partial charge is 0.221 e. The summed E-state index contributed by atoms with van der Waals surface area (Å²) in [4.78, 5) is 11.6. The quantitative estimate of drug-likeness (QED) is 0.271. The van der Waals surface area contributed by atoms with E-state index in [0.29, 0.717) is 30.3 Å². The molecular weight excluding hydrogens is 494 g/mol. The van der Waals surface area contributed by atoms with Gasteiger partial charge in [0.1, 0.15) is 0 Å². The molecule has 0 spiro atoms. The van der Waals surface area contributed by atoms with Gasteiger partial charge in [-0.3, -0.25) is 4.79 Å². The van der Waals surface area contributed by atoms with E-state index >= 15 is 0 Å². The Bertz CT molecular complexity index is 1250. The fraction of sp³-hybridized carbons (Fsp3) is 0.457. The summed E-state index contributed by atoms with van der Waals surface area (Å²) in [5.74, 6) is 1.24. The Hall–Kier alpha value is -2.99. The number of anilines is 1. The highest BCUT2D eigenvalue weighted by Crippen LogP contribution is 2.37. The second kappa shape index (κ2) is 14.1. The maximum absolute atomic E-state index is 11.6. The SMILES string of the molecule is CC(=O)Nc1cccc(C2=CC(C)C(NC(CC3=CC=CCC3C)C(CO)Cc3cccc(CN)c3)CC2C)c1. The van der Waals surface area contributed by atoms with Crippen molar-refractivity contribution in [3.05, 3.63) is 95.1 Å². The molecule has 0 aromatic heterocycles. The molecule has 6 unspecified atom stereocenters. The molecule has 1 amide bonds. The van der Waals surface area contributed by atoms with Gasteiger partial charge in [0, 0.05) is 43.8 Å². The number of rotatable bonds is 11. The highest BCUT2D eigenvalue weighted by atomic mass is 16.3. The van der Waals surface area contributed by atoms with Gasteiger partial charge in [0.15, 0.2) is 0 Å². The van der Waals surface area contributed by atoms with Crippen molar-refractivity contribution in [2.24, 2.45) is 29.4 Å². The lowest BCUT2D eigenvalue weighted by molar-refractivity contribution is -0.114. The van der Waals surface area contributed by atoms with Crippen molar-refractivity contribution in [3.63, 3.8) is 0 Å². The zero-order valence-electron chi connectivity index (χ0n) is 24.6. The molecule has 5 N–H and O–H groups in total. The average Bonchev–Trinajstić information content (AvgIpc) is 2.94. The second-order valence-corrected chi connectivity index (χ2v) is 11.9. The Labute approximate surface area is 240 Å². The van der Waals surface area contributed by atoms with Gasteiger partial charge in [-0.05, 0) is 77.8 Å². The van der Waals surface area contributed by atoms with Crippen molar-refractivity contribution in [1.29, 1.82) is 0 Å². The predicted molar refractivity (Wildman–Crippen MR) is 167 cm³/mol. The van der Waals surface area contributed by atoms with Crippen molar-refractivity contribution in [3.8, 4) is 0 Å². The normalized spacial score (nSPS) is 24.1. The fourth-order valence-electron chi connectivity index (χ4n) is 6.34. The first kappa shape index (κ1) is 30.0. The Morgan fingerprint density at radius 3 is 2.55 bits per heavy atom. The lowest BCUT2D eigenvalue weighted by Crippen LogP contribution is -2.49. The monoisotopic (exact) mass is 541 g/mol. The maximum Gasteiger partial charge on any atom is 0.221 e. The van der Waals surface area contributed by atoms with Crippen LogP contribution >= 0.6 is 0 Å². The molecule has 5 nitrogen and oxygen atoms in total. The van der Waals surface area contributed by atoms with Crippen LogP contribution in [0.25, 0.3) is 5.57 Å². The van der Waals surface area contributed by atoms with Crippen LogP contribution in [0.5, 0.6) is 0 Å². The first-order chi connectivity index (χ1) is 19.3. The molecule has 2 aromatic rings. The molecule has 0 radical (unpaired) electrons. The first-order valence-corrected chi connectivity index (χ1v) is 14.9. The van der Waals surface area contributed by atoms with Crippen LogP contribution < -0.4 is 16.4 Å². The first-order valence-electron chi connectivity index (χ1n) is 14.9. The average molecular weight is 542 g/mol. The number of carbonyl (C=O) groups is 1. The van der Waals surface area contributed by atoms with E-state index in [1.54, 1.807) is 6.92 Å². The topological polar surface area (TPSA) is 87.4 Å². The van der Waals surface area contributed by atoms with Crippen LogP contribution in [-0.2, 0) is 17.8 Å². The molecule has 2 aliphatic carbocycles. The molecule has 0 aliphatic heterocycles. The van der Waals surface area contributed by atoms with Crippen molar-refractivity contribution < 1.29 is 9.90 Å². The minimum atomic E-state index is -0.0578. The van der Waals surface area contributed by atoms with Crippen LogP contribution in [0.1, 0.15) is 63.6 Å². The number of hydrogen-bond donors (Lipinski definition) is 4. The largest absolute Gasteiger partial charge is 0.396 e. The molecule has 0 saturated carbocycles. The lowest BCUT2D eigenvalue weighted by Gasteiger charge is -2.39. The van der Waals surface area contributed by atoms with E-state index in [2.05, 4.69) is 92.1 Å². The van der Waals surface area contributed by atoms with E-state index in [0.717, 1.165) is 36.9 Å². The predicted octanol–water partition coefficient (Wildman–Crippen LogP) is 6.25. The van der Waals surface area contributed by atoms with Gasteiger partial charge in [0.25, 0.3) is 0 Å². The summed E-state index contributed by atoms with van der Waals surface area (Å²) >= 11 is 0. The molecule has 0 saturated heterocycles. The van der Waals surface area contributed by atoms with E-state index in [1.807, 2.05) is 12.1 Å². The van der Waals surface area contributed by atoms with Crippen LogP contribution in [0.2, 0.25) is 0 Å². The number of nitrogens with one attached hydrogen (secondary N) is 2. The van der Waals surface area contributed by atoms with Crippen molar-refractivity contribution in [2.75, 3.05) is 11.9 Å². The number of aliphatic hydroxyl groups is 1. The highest BCUT2D eigenvalue weighted by molar-refractivity contribution is 5.89. The van der Waals surface area contributed by atoms with Crippen LogP contribution in [0.4, 0.5) is 5.69 Å². The lowest BCUT2D eigenvalue weighted by atomic mass is 9.76. The van der Waals surface area contributed by atoms with E-state index in [9.17, 15) is 9.90 Å². The van der Waals surface area contributed by atoms with Crippen LogP contribution in [0, 0.1) is 23.7 Å². The Morgan fingerprint density at radius 1 is 1.05 bits per heavy atom. The van der Waals surface area contributed by atoms with Crippen LogP contribution in [0.15, 0.2) is 78.4 Å². The van der Waals surface area contributed by atoms with Gasteiger partial charge in [-0.15, -0.1) is 0 Å². The zero-order valence-corrected chi connectivity index (χ0v) is 24.6. The highest BCUT2D eigenvalue weighted by Gasteiger charge is 2.32. The van der Waals surface area contributed by atoms with Crippen LogP contribution in [0.3, 0.4) is 0 Å². The molecule has 2 aromatic carbocycles. The van der Waals surface area contributed by atoms with Crippen molar-refractivity contribution >= 4 is 17.2 Å². The summed E-state index contributed by atoms with van der Waals surface area (Å²) < 4.78 is 0. The molecule has 40 heavy (non-hydrogen) atoms.